The van der Waals surface area contributed by atoms with Crippen LogP contribution >= 0.6 is 12.2 Å². The van der Waals surface area contributed by atoms with Crippen LogP contribution in [-0.4, -0.2) is 28.8 Å². The Labute approximate surface area is 246 Å². The smallest absolute Gasteiger partial charge is 0.174 e. The molecule has 6 nitrogen and oxygen atoms in total. The average molecular weight is 560 g/mol. The van der Waals surface area contributed by atoms with E-state index in [1.165, 1.54) is 22.6 Å². The van der Waals surface area contributed by atoms with E-state index >= 15 is 0 Å². The van der Waals surface area contributed by atoms with Gasteiger partial charge in [-0.25, -0.2) is 0 Å². The summed E-state index contributed by atoms with van der Waals surface area (Å²) in [6, 6.07) is 34.7. The van der Waals surface area contributed by atoms with Gasteiger partial charge in [0.25, 0.3) is 0 Å². The van der Waals surface area contributed by atoms with Crippen molar-refractivity contribution in [2.45, 2.75) is 25.9 Å². The summed E-state index contributed by atoms with van der Waals surface area (Å²) in [5.74, 6) is 1.58. The van der Waals surface area contributed by atoms with E-state index in [2.05, 4.69) is 96.2 Å². The highest BCUT2D eigenvalue weighted by Crippen LogP contribution is 2.44. The molecule has 5 aromatic rings. The number of nitrogens with zero attached hydrogens (tertiary/aromatic N) is 4. The first kappa shape index (κ1) is 26.6. The highest BCUT2D eigenvalue weighted by molar-refractivity contribution is 7.80. The van der Waals surface area contributed by atoms with Crippen molar-refractivity contribution < 1.29 is 4.74 Å². The van der Waals surface area contributed by atoms with E-state index in [1.54, 1.807) is 0 Å². The zero-order chi connectivity index (χ0) is 28.5. The summed E-state index contributed by atoms with van der Waals surface area (Å²) in [5.41, 5.74) is 7.78. The highest BCUT2D eigenvalue weighted by atomic mass is 32.1. The quantitative estimate of drug-likeness (QED) is 0.208. The van der Waals surface area contributed by atoms with E-state index < -0.39 is 0 Å². The van der Waals surface area contributed by atoms with Crippen molar-refractivity contribution >= 4 is 28.7 Å². The van der Waals surface area contributed by atoms with Gasteiger partial charge in [0.05, 0.1) is 17.8 Å². The zero-order valence-corrected chi connectivity index (χ0v) is 24.5. The lowest BCUT2D eigenvalue weighted by atomic mass is 9.96. The normalized spacial score (nSPS) is 16.5. The third-order valence-corrected chi connectivity index (χ3v) is 7.92. The van der Waals surface area contributed by atoms with Gasteiger partial charge in [0.15, 0.2) is 5.11 Å². The molecule has 2 aromatic heterocycles. The van der Waals surface area contributed by atoms with Crippen LogP contribution in [0.2, 0.25) is 0 Å². The number of benzene rings is 3. The molecule has 1 saturated heterocycles. The van der Waals surface area contributed by atoms with Crippen molar-refractivity contribution in [3.63, 3.8) is 0 Å². The molecule has 1 fully saturated rings. The van der Waals surface area contributed by atoms with E-state index in [0.717, 1.165) is 28.6 Å². The van der Waals surface area contributed by atoms with Gasteiger partial charge < -0.3 is 24.4 Å². The topological polar surface area (TPSA) is 45.6 Å². The maximum atomic E-state index is 6.05. The van der Waals surface area contributed by atoms with Crippen molar-refractivity contribution in [1.29, 1.82) is 0 Å². The maximum Gasteiger partial charge on any atom is 0.174 e. The van der Waals surface area contributed by atoms with Gasteiger partial charge in [0.2, 0.25) is 0 Å². The lowest BCUT2D eigenvalue weighted by Gasteiger charge is -2.28. The SMILES string of the molecule is Cc1cc(C2C(c3ccccn3)NC(=S)N2c2ccc(Oc3ccccc3)cc2)c(C)n1-c1ccc(N(C)C)cc1. The largest absolute Gasteiger partial charge is 0.457 e. The number of hydrogen-bond donors (Lipinski definition) is 1. The van der Waals surface area contributed by atoms with Gasteiger partial charge in [-0.2, -0.15) is 0 Å². The molecule has 3 heterocycles. The summed E-state index contributed by atoms with van der Waals surface area (Å²) in [6.07, 6.45) is 1.84. The molecular formula is C34H33N5OS. The molecule has 41 heavy (non-hydrogen) atoms. The minimum atomic E-state index is -0.117. The molecule has 0 amide bonds. The molecule has 1 aliphatic rings. The Kier molecular flexibility index (Phi) is 7.20. The lowest BCUT2D eigenvalue weighted by Crippen LogP contribution is -2.29. The molecule has 0 spiro atoms. The molecule has 1 aliphatic heterocycles. The number of nitrogens with one attached hydrogen (secondary N) is 1. The second kappa shape index (κ2) is 11.1. The van der Waals surface area contributed by atoms with Gasteiger partial charge in [-0.3, -0.25) is 4.98 Å². The Morgan fingerprint density at radius 3 is 2.12 bits per heavy atom. The number of aryl methyl sites for hydroxylation is 1. The van der Waals surface area contributed by atoms with Gasteiger partial charge in [0, 0.05) is 48.7 Å². The third kappa shape index (κ3) is 5.16. The van der Waals surface area contributed by atoms with Crippen LogP contribution in [0.25, 0.3) is 5.69 Å². The first-order chi connectivity index (χ1) is 19.9. The van der Waals surface area contributed by atoms with Crippen molar-refractivity contribution in [3.05, 3.63) is 132 Å². The van der Waals surface area contributed by atoms with Crippen LogP contribution < -0.4 is 19.9 Å². The van der Waals surface area contributed by atoms with Crippen molar-refractivity contribution in [3.8, 4) is 17.2 Å². The Bertz CT molecular complexity index is 1650. The molecule has 6 rings (SSSR count). The van der Waals surface area contributed by atoms with E-state index in [9.17, 15) is 0 Å². The number of para-hydroxylation sites is 1. The van der Waals surface area contributed by atoms with E-state index in [0.29, 0.717) is 5.11 Å². The van der Waals surface area contributed by atoms with E-state index in [4.69, 9.17) is 21.9 Å². The van der Waals surface area contributed by atoms with Crippen LogP contribution in [0.15, 0.2) is 109 Å². The summed E-state index contributed by atoms with van der Waals surface area (Å²) < 4.78 is 8.37. The fourth-order valence-corrected chi connectivity index (χ4v) is 5.98. The second-order valence-corrected chi connectivity index (χ2v) is 10.9. The van der Waals surface area contributed by atoms with Gasteiger partial charge >= 0.3 is 0 Å². The van der Waals surface area contributed by atoms with E-state index in [1.807, 2.05) is 60.8 Å². The minimum Gasteiger partial charge on any atom is -0.457 e. The van der Waals surface area contributed by atoms with Crippen LogP contribution in [0.1, 0.15) is 34.7 Å². The van der Waals surface area contributed by atoms with Crippen LogP contribution in [0, 0.1) is 13.8 Å². The number of anilines is 2. The third-order valence-electron chi connectivity index (χ3n) is 7.61. The predicted octanol–water partition coefficient (Wildman–Crippen LogP) is 7.52. The molecule has 1 N–H and O–H groups in total. The average Bonchev–Trinajstić information content (AvgIpc) is 3.49. The van der Waals surface area contributed by atoms with Crippen molar-refractivity contribution in [2.24, 2.45) is 0 Å². The van der Waals surface area contributed by atoms with Gasteiger partial charge in [-0.05, 0) is 110 Å². The van der Waals surface area contributed by atoms with Gasteiger partial charge in [-0.15, -0.1) is 0 Å². The first-order valence-corrected chi connectivity index (χ1v) is 14.1. The fourth-order valence-electron chi connectivity index (χ4n) is 5.63. The molecule has 0 bridgehead atoms. The molecule has 206 valence electrons. The second-order valence-electron chi connectivity index (χ2n) is 10.5. The summed E-state index contributed by atoms with van der Waals surface area (Å²) >= 11 is 5.97. The molecule has 2 unspecified atom stereocenters. The van der Waals surface area contributed by atoms with Crippen LogP contribution in [0.3, 0.4) is 0 Å². The van der Waals surface area contributed by atoms with Crippen LogP contribution in [-0.2, 0) is 0 Å². The molecule has 2 atom stereocenters. The maximum absolute atomic E-state index is 6.05. The number of rotatable bonds is 7. The Morgan fingerprint density at radius 2 is 1.46 bits per heavy atom. The Balaban J connectivity index is 1.40. The number of aromatic nitrogens is 2. The molecule has 0 aliphatic carbocycles. The highest BCUT2D eigenvalue weighted by Gasteiger charge is 2.42. The predicted molar refractivity (Wildman–Crippen MR) is 170 cm³/mol. The number of thiocarbonyl (C=S) groups is 1. The number of hydrogen-bond acceptors (Lipinski definition) is 4. The molecule has 7 heteroatoms. The van der Waals surface area contributed by atoms with Gasteiger partial charge in [0.1, 0.15) is 11.5 Å². The fraction of sp³-hybridized carbons (Fsp3) is 0.176. The van der Waals surface area contributed by atoms with E-state index in [-0.39, 0.29) is 12.1 Å². The van der Waals surface area contributed by atoms with Crippen molar-refractivity contribution in [1.82, 2.24) is 14.9 Å². The molecule has 0 saturated carbocycles. The van der Waals surface area contributed by atoms with Crippen LogP contribution in [0.4, 0.5) is 11.4 Å². The summed E-state index contributed by atoms with van der Waals surface area (Å²) in [5, 5.41) is 4.26. The lowest BCUT2D eigenvalue weighted by molar-refractivity contribution is 0.482. The number of pyridine rings is 1. The molecular weight excluding hydrogens is 526 g/mol. The summed E-state index contributed by atoms with van der Waals surface area (Å²) in [6.45, 7) is 4.35. The standard InChI is InChI=1S/C34H33N5OS/c1-23-22-30(24(2)38(23)26-15-13-25(14-16-26)37(3)4)33-32(31-12-8-9-21-35-31)36-34(41)39(33)27-17-19-29(20-18-27)40-28-10-6-5-7-11-28/h5-22,32-33H,1-4H3,(H,36,41). The molecule has 3 aromatic carbocycles. The Hall–Kier alpha value is -4.62. The molecule has 0 radical (unpaired) electrons. The monoisotopic (exact) mass is 559 g/mol. The van der Waals surface area contributed by atoms with Gasteiger partial charge in [-0.1, -0.05) is 24.3 Å². The summed E-state index contributed by atoms with van der Waals surface area (Å²) in [7, 11) is 4.11. The minimum absolute atomic E-state index is 0.0979. The van der Waals surface area contributed by atoms with Crippen LogP contribution in [0.5, 0.6) is 11.5 Å². The summed E-state index contributed by atoms with van der Waals surface area (Å²) in [4.78, 5) is 9.05. The zero-order valence-electron chi connectivity index (χ0n) is 23.7. The first-order valence-electron chi connectivity index (χ1n) is 13.7. The van der Waals surface area contributed by atoms with Crippen molar-refractivity contribution in [2.75, 3.05) is 23.9 Å². The Morgan fingerprint density at radius 1 is 0.805 bits per heavy atom. The number of ether oxygens (including phenoxy) is 1.